The van der Waals surface area contributed by atoms with Crippen LogP contribution in [0.5, 0.6) is 5.75 Å². The average molecular weight is 315 g/mol. The van der Waals surface area contributed by atoms with Gasteiger partial charge in [-0.05, 0) is 12.1 Å². The van der Waals surface area contributed by atoms with Gasteiger partial charge in [0, 0.05) is 6.26 Å². The van der Waals surface area contributed by atoms with E-state index in [1.165, 1.54) is 0 Å². The van der Waals surface area contributed by atoms with Crippen molar-refractivity contribution >= 4 is 19.9 Å². The molecule has 0 aliphatic rings. The van der Waals surface area contributed by atoms with E-state index in [2.05, 4.69) is 5.14 Å². The molecule has 0 radical (unpaired) electrons. The highest BCUT2D eigenvalue weighted by Gasteiger charge is 2.21. The zero-order valence-corrected chi connectivity index (χ0v) is 11.4. The van der Waals surface area contributed by atoms with E-state index in [4.69, 9.17) is 4.74 Å². The fraction of sp³-hybridized carbons (Fsp3) is 0.333. The standard InChI is InChI=1S/C9H11F2NO5S2/c1-18(13,14)5-4-17-6-2-3-7(19(12,15)16)9(11)8(6)10/h2-3H,4-5H2,1H3,(H2,12,15,16). The lowest BCUT2D eigenvalue weighted by molar-refractivity contribution is 0.313. The molecule has 1 aromatic carbocycles. The van der Waals surface area contributed by atoms with Gasteiger partial charge in [0.1, 0.15) is 11.5 Å². The number of benzene rings is 1. The van der Waals surface area contributed by atoms with Gasteiger partial charge in [0.05, 0.1) is 5.75 Å². The molecule has 2 N–H and O–H groups in total. The molecular weight excluding hydrogens is 304 g/mol. The number of hydrogen-bond acceptors (Lipinski definition) is 5. The summed E-state index contributed by atoms with van der Waals surface area (Å²) < 4.78 is 75.0. The van der Waals surface area contributed by atoms with Crippen LogP contribution in [0.15, 0.2) is 17.0 Å². The van der Waals surface area contributed by atoms with E-state index in [0.717, 1.165) is 18.4 Å². The summed E-state index contributed by atoms with van der Waals surface area (Å²) in [7, 11) is -7.69. The van der Waals surface area contributed by atoms with E-state index < -0.39 is 42.1 Å². The lowest BCUT2D eigenvalue weighted by Crippen LogP contribution is -2.16. The van der Waals surface area contributed by atoms with Crippen LogP contribution in [-0.4, -0.2) is 35.5 Å². The Morgan fingerprint density at radius 1 is 1.16 bits per heavy atom. The zero-order chi connectivity index (χ0) is 14.8. The Hall–Kier alpha value is -1.26. The molecule has 0 saturated heterocycles. The highest BCUT2D eigenvalue weighted by molar-refractivity contribution is 7.90. The van der Waals surface area contributed by atoms with Gasteiger partial charge >= 0.3 is 0 Å². The largest absolute Gasteiger partial charge is 0.489 e. The third-order valence-corrected chi connectivity index (χ3v) is 3.87. The molecule has 0 fully saturated rings. The van der Waals surface area contributed by atoms with Gasteiger partial charge in [-0.3, -0.25) is 0 Å². The Balaban J connectivity index is 2.98. The molecule has 1 aromatic rings. The van der Waals surface area contributed by atoms with Crippen molar-refractivity contribution in [2.45, 2.75) is 4.90 Å². The number of sulfone groups is 1. The number of halogens is 2. The van der Waals surface area contributed by atoms with Crippen molar-refractivity contribution in [3.05, 3.63) is 23.8 Å². The Kier molecular flexibility index (Phi) is 4.48. The maximum atomic E-state index is 13.4. The van der Waals surface area contributed by atoms with Gasteiger partial charge in [0.25, 0.3) is 0 Å². The van der Waals surface area contributed by atoms with Crippen molar-refractivity contribution in [3.8, 4) is 5.75 Å². The number of primary sulfonamides is 1. The molecule has 0 amide bonds. The van der Waals surface area contributed by atoms with Crippen molar-refractivity contribution in [1.29, 1.82) is 0 Å². The monoisotopic (exact) mass is 315 g/mol. The summed E-state index contributed by atoms with van der Waals surface area (Å²) in [5.74, 6) is -4.18. The van der Waals surface area contributed by atoms with Gasteiger partial charge in [-0.15, -0.1) is 0 Å². The van der Waals surface area contributed by atoms with E-state index in [0.29, 0.717) is 0 Å². The summed E-state index contributed by atoms with van der Waals surface area (Å²) in [6.07, 6.45) is 0.956. The molecule has 108 valence electrons. The summed E-state index contributed by atoms with van der Waals surface area (Å²) in [5.41, 5.74) is 0. The first-order valence-corrected chi connectivity index (χ1v) is 8.44. The van der Waals surface area contributed by atoms with E-state index in [1.54, 1.807) is 0 Å². The first kappa shape index (κ1) is 15.8. The topological polar surface area (TPSA) is 104 Å². The quantitative estimate of drug-likeness (QED) is 0.826. The summed E-state index contributed by atoms with van der Waals surface area (Å²) in [4.78, 5) is -1.000. The Morgan fingerprint density at radius 2 is 1.74 bits per heavy atom. The number of rotatable bonds is 5. The second kappa shape index (κ2) is 5.39. The first-order valence-electron chi connectivity index (χ1n) is 4.83. The molecule has 10 heteroatoms. The van der Waals surface area contributed by atoms with Crippen LogP contribution in [0.2, 0.25) is 0 Å². The van der Waals surface area contributed by atoms with E-state index >= 15 is 0 Å². The van der Waals surface area contributed by atoms with Crippen LogP contribution in [0.25, 0.3) is 0 Å². The molecular formula is C9H11F2NO5S2. The van der Waals surface area contributed by atoms with Crippen molar-refractivity contribution < 1.29 is 30.4 Å². The predicted octanol–water partition coefficient (Wildman–Crippen LogP) is 0.0356. The maximum Gasteiger partial charge on any atom is 0.241 e. The van der Waals surface area contributed by atoms with Gasteiger partial charge in [0.15, 0.2) is 21.4 Å². The third-order valence-electron chi connectivity index (χ3n) is 2.03. The number of hydrogen-bond donors (Lipinski definition) is 1. The van der Waals surface area contributed by atoms with Crippen LogP contribution in [0.3, 0.4) is 0 Å². The van der Waals surface area contributed by atoms with Crippen LogP contribution >= 0.6 is 0 Å². The van der Waals surface area contributed by atoms with Crippen molar-refractivity contribution in [2.75, 3.05) is 18.6 Å². The Bertz CT molecular complexity index is 685. The number of sulfonamides is 1. The molecule has 0 atom stereocenters. The minimum absolute atomic E-state index is 0.384. The van der Waals surface area contributed by atoms with Crippen LogP contribution in [0.4, 0.5) is 8.78 Å². The van der Waals surface area contributed by atoms with Crippen molar-refractivity contribution in [2.24, 2.45) is 5.14 Å². The second-order valence-electron chi connectivity index (χ2n) is 3.71. The third kappa shape index (κ3) is 4.40. The normalized spacial score (nSPS) is 12.4. The van der Waals surface area contributed by atoms with Crippen molar-refractivity contribution in [3.63, 3.8) is 0 Å². The number of ether oxygens (including phenoxy) is 1. The Labute approximate surface area is 109 Å². The molecule has 0 spiro atoms. The first-order chi connectivity index (χ1) is 8.52. The average Bonchev–Trinajstić information content (AvgIpc) is 2.20. The molecule has 0 aromatic heterocycles. The Morgan fingerprint density at radius 3 is 2.21 bits per heavy atom. The van der Waals surface area contributed by atoms with E-state index in [-0.39, 0.29) is 12.4 Å². The smallest absolute Gasteiger partial charge is 0.241 e. The lowest BCUT2D eigenvalue weighted by Gasteiger charge is -2.08. The molecule has 0 saturated carbocycles. The molecule has 0 aliphatic heterocycles. The van der Waals surface area contributed by atoms with Crippen LogP contribution in [-0.2, 0) is 19.9 Å². The van der Waals surface area contributed by atoms with E-state index in [1.807, 2.05) is 0 Å². The predicted molar refractivity (Wildman–Crippen MR) is 62.9 cm³/mol. The fourth-order valence-corrected chi connectivity index (χ4v) is 2.13. The minimum atomic E-state index is -4.38. The van der Waals surface area contributed by atoms with Crippen LogP contribution in [0, 0.1) is 11.6 Å². The van der Waals surface area contributed by atoms with Gasteiger partial charge in [-0.2, -0.15) is 4.39 Å². The molecule has 0 heterocycles. The minimum Gasteiger partial charge on any atom is -0.489 e. The fourth-order valence-electron chi connectivity index (χ4n) is 1.15. The summed E-state index contributed by atoms with van der Waals surface area (Å²) >= 11 is 0. The highest BCUT2D eigenvalue weighted by atomic mass is 32.2. The van der Waals surface area contributed by atoms with Gasteiger partial charge in [-0.1, -0.05) is 0 Å². The summed E-state index contributed by atoms with van der Waals surface area (Å²) in [5, 5.41) is 4.68. The molecule has 0 bridgehead atoms. The molecule has 1 rings (SSSR count). The van der Waals surface area contributed by atoms with Gasteiger partial charge in [-0.25, -0.2) is 26.4 Å². The second-order valence-corrected chi connectivity index (χ2v) is 7.50. The van der Waals surface area contributed by atoms with Gasteiger partial charge in [0.2, 0.25) is 15.8 Å². The lowest BCUT2D eigenvalue weighted by atomic mass is 10.3. The van der Waals surface area contributed by atoms with Crippen molar-refractivity contribution in [1.82, 2.24) is 0 Å². The molecule has 6 nitrogen and oxygen atoms in total. The number of nitrogens with two attached hydrogens (primary N) is 1. The molecule has 0 unspecified atom stereocenters. The molecule has 0 aliphatic carbocycles. The zero-order valence-electron chi connectivity index (χ0n) is 9.76. The van der Waals surface area contributed by atoms with Gasteiger partial charge < -0.3 is 4.74 Å². The summed E-state index contributed by atoms with van der Waals surface area (Å²) in [6, 6.07) is 1.60. The summed E-state index contributed by atoms with van der Waals surface area (Å²) in [6.45, 7) is -0.385. The van der Waals surface area contributed by atoms with E-state index in [9.17, 15) is 25.6 Å². The maximum absolute atomic E-state index is 13.4. The van der Waals surface area contributed by atoms with Crippen LogP contribution in [0.1, 0.15) is 0 Å². The SMILES string of the molecule is CS(=O)(=O)CCOc1ccc(S(N)(=O)=O)c(F)c1F. The highest BCUT2D eigenvalue weighted by Crippen LogP contribution is 2.24. The van der Waals surface area contributed by atoms with Crippen LogP contribution < -0.4 is 9.88 Å². The molecule has 19 heavy (non-hydrogen) atoms.